The number of hydrogen-bond donors (Lipinski definition) is 0. The number of aromatic nitrogens is 3. The van der Waals surface area contributed by atoms with Crippen LogP contribution in [-0.2, 0) is 6.54 Å². The average Bonchev–Trinajstić information content (AvgIpc) is 3.10. The third-order valence-electron chi connectivity index (χ3n) is 4.41. The van der Waals surface area contributed by atoms with E-state index in [-0.39, 0.29) is 11.9 Å². The van der Waals surface area contributed by atoms with Gasteiger partial charge in [-0.25, -0.2) is 4.68 Å². The standard InChI is InChI=1S/C20H22N4O/c1-15-9-11-18(12-10-15)16(2)23(3)20(25)19-14-24(22-21-19)13-17-7-5-4-6-8-17/h4-12,14,16H,13H2,1-3H3. The van der Waals surface area contributed by atoms with E-state index in [1.54, 1.807) is 22.8 Å². The molecule has 1 aromatic heterocycles. The molecule has 0 fully saturated rings. The molecule has 1 unspecified atom stereocenters. The molecule has 3 aromatic rings. The summed E-state index contributed by atoms with van der Waals surface area (Å²) >= 11 is 0. The zero-order valence-corrected chi connectivity index (χ0v) is 14.8. The van der Waals surface area contributed by atoms with Crippen LogP contribution in [0.3, 0.4) is 0 Å². The topological polar surface area (TPSA) is 51.0 Å². The summed E-state index contributed by atoms with van der Waals surface area (Å²) in [6.07, 6.45) is 1.70. The monoisotopic (exact) mass is 334 g/mol. The van der Waals surface area contributed by atoms with Gasteiger partial charge in [0, 0.05) is 7.05 Å². The summed E-state index contributed by atoms with van der Waals surface area (Å²) in [5.74, 6) is -0.132. The first-order valence-corrected chi connectivity index (χ1v) is 8.32. The lowest BCUT2D eigenvalue weighted by atomic mass is 10.1. The maximum atomic E-state index is 12.7. The van der Waals surface area contributed by atoms with Gasteiger partial charge < -0.3 is 4.90 Å². The fraction of sp³-hybridized carbons (Fsp3) is 0.250. The van der Waals surface area contributed by atoms with E-state index in [1.165, 1.54) is 5.56 Å². The van der Waals surface area contributed by atoms with Crippen LogP contribution in [0.25, 0.3) is 0 Å². The molecule has 0 saturated heterocycles. The van der Waals surface area contributed by atoms with Gasteiger partial charge in [0.05, 0.1) is 18.8 Å². The first-order chi connectivity index (χ1) is 12.0. The third kappa shape index (κ3) is 3.94. The molecule has 0 radical (unpaired) electrons. The Morgan fingerprint density at radius 3 is 2.48 bits per heavy atom. The Morgan fingerprint density at radius 2 is 1.80 bits per heavy atom. The lowest BCUT2D eigenvalue weighted by Gasteiger charge is -2.24. The Hall–Kier alpha value is -2.95. The summed E-state index contributed by atoms with van der Waals surface area (Å²) in [6.45, 7) is 4.66. The normalized spacial score (nSPS) is 12.0. The number of carbonyl (C=O) groups excluding carboxylic acids is 1. The molecule has 2 aromatic carbocycles. The van der Waals surface area contributed by atoms with Crippen LogP contribution in [0.1, 0.15) is 40.1 Å². The van der Waals surface area contributed by atoms with Crippen molar-refractivity contribution in [3.05, 3.63) is 83.2 Å². The summed E-state index contributed by atoms with van der Waals surface area (Å²) in [6, 6.07) is 18.2. The van der Waals surface area contributed by atoms with Gasteiger partial charge in [0.25, 0.3) is 5.91 Å². The molecule has 1 atom stereocenters. The van der Waals surface area contributed by atoms with E-state index in [9.17, 15) is 4.79 Å². The fourth-order valence-corrected chi connectivity index (χ4v) is 2.67. The molecule has 0 aliphatic rings. The van der Waals surface area contributed by atoms with Crippen LogP contribution in [0.5, 0.6) is 0 Å². The molecule has 25 heavy (non-hydrogen) atoms. The highest BCUT2D eigenvalue weighted by molar-refractivity contribution is 5.92. The van der Waals surface area contributed by atoms with Gasteiger partial charge in [-0.05, 0) is 25.0 Å². The van der Waals surface area contributed by atoms with E-state index >= 15 is 0 Å². The summed E-state index contributed by atoms with van der Waals surface area (Å²) < 4.78 is 1.69. The van der Waals surface area contributed by atoms with Crippen molar-refractivity contribution in [2.45, 2.75) is 26.4 Å². The van der Waals surface area contributed by atoms with Crippen LogP contribution in [0, 0.1) is 6.92 Å². The second-order valence-corrected chi connectivity index (χ2v) is 6.29. The molecule has 0 aliphatic carbocycles. The lowest BCUT2D eigenvalue weighted by molar-refractivity contribution is 0.0736. The number of carbonyl (C=O) groups is 1. The van der Waals surface area contributed by atoms with Gasteiger partial charge >= 0.3 is 0 Å². The highest BCUT2D eigenvalue weighted by Gasteiger charge is 2.21. The highest BCUT2D eigenvalue weighted by atomic mass is 16.2. The van der Waals surface area contributed by atoms with Crippen LogP contribution in [-0.4, -0.2) is 32.8 Å². The molecular weight excluding hydrogens is 312 g/mol. The minimum Gasteiger partial charge on any atom is -0.334 e. The number of nitrogens with zero attached hydrogens (tertiary/aromatic N) is 4. The minimum atomic E-state index is -0.132. The zero-order chi connectivity index (χ0) is 17.8. The average molecular weight is 334 g/mol. The van der Waals surface area contributed by atoms with E-state index in [0.717, 1.165) is 11.1 Å². The predicted molar refractivity (Wildman–Crippen MR) is 97.3 cm³/mol. The SMILES string of the molecule is Cc1ccc(C(C)N(C)C(=O)c2cn(Cc3ccccc3)nn2)cc1. The van der Waals surface area contributed by atoms with Crippen molar-refractivity contribution < 1.29 is 4.79 Å². The Kier molecular flexibility index (Phi) is 4.93. The Labute approximate surface area is 147 Å². The second kappa shape index (κ2) is 7.30. The van der Waals surface area contributed by atoms with Crippen molar-refractivity contribution in [2.75, 3.05) is 7.05 Å². The number of hydrogen-bond acceptors (Lipinski definition) is 3. The van der Waals surface area contributed by atoms with E-state index < -0.39 is 0 Å². The molecule has 5 nitrogen and oxygen atoms in total. The van der Waals surface area contributed by atoms with E-state index in [1.807, 2.05) is 44.2 Å². The van der Waals surface area contributed by atoms with E-state index in [2.05, 4.69) is 34.6 Å². The van der Waals surface area contributed by atoms with Crippen LogP contribution >= 0.6 is 0 Å². The van der Waals surface area contributed by atoms with Gasteiger partial charge in [-0.15, -0.1) is 5.10 Å². The van der Waals surface area contributed by atoms with Crippen molar-refractivity contribution in [2.24, 2.45) is 0 Å². The molecule has 5 heteroatoms. The van der Waals surface area contributed by atoms with Crippen molar-refractivity contribution >= 4 is 5.91 Å². The molecule has 128 valence electrons. The molecule has 0 N–H and O–H groups in total. The summed E-state index contributed by atoms with van der Waals surface area (Å²) in [5, 5.41) is 8.12. The van der Waals surface area contributed by atoms with Crippen LogP contribution in [0.2, 0.25) is 0 Å². The molecule has 0 spiro atoms. The Balaban J connectivity index is 1.71. The van der Waals surface area contributed by atoms with E-state index in [0.29, 0.717) is 12.2 Å². The van der Waals surface area contributed by atoms with Gasteiger partial charge in [0.1, 0.15) is 0 Å². The first-order valence-electron chi connectivity index (χ1n) is 8.32. The quantitative estimate of drug-likeness (QED) is 0.718. The lowest BCUT2D eigenvalue weighted by Crippen LogP contribution is -2.30. The molecule has 0 saturated carbocycles. The molecule has 0 bridgehead atoms. The van der Waals surface area contributed by atoms with Gasteiger partial charge in [-0.1, -0.05) is 65.4 Å². The molecule has 1 heterocycles. The minimum absolute atomic E-state index is 0.0348. The maximum Gasteiger partial charge on any atom is 0.276 e. The molecule has 0 aliphatic heterocycles. The predicted octanol–water partition coefficient (Wildman–Crippen LogP) is 3.47. The zero-order valence-electron chi connectivity index (χ0n) is 14.8. The van der Waals surface area contributed by atoms with Crippen LogP contribution in [0.4, 0.5) is 0 Å². The highest BCUT2D eigenvalue weighted by Crippen LogP contribution is 2.20. The third-order valence-corrected chi connectivity index (χ3v) is 4.41. The van der Waals surface area contributed by atoms with Crippen LogP contribution < -0.4 is 0 Å². The Morgan fingerprint density at radius 1 is 1.12 bits per heavy atom. The van der Waals surface area contributed by atoms with Gasteiger partial charge in [-0.2, -0.15) is 0 Å². The van der Waals surface area contributed by atoms with Gasteiger partial charge in [0.15, 0.2) is 5.69 Å². The largest absolute Gasteiger partial charge is 0.334 e. The fourth-order valence-electron chi connectivity index (χ4n) is 2.67. The number of aryl methyl sites for hydroxylation is 1. The number of amides is 1. The maximum absolute atomic E-state index is 12.7. The van der Waals surface area contributed by atoms with Crippen LogP contribution in [0.15, 0.2) is 60.8 Å². The van der Waals surface area contributed by atoms with Gasteiger partial charge in [0.2, 0.25) is 0 Å². The summed E-state index contributed by atoms with van der Waals surface area (Å²) in [7, 11) is 1.79. The van der Waals surface area contributed by atoms with Gasteiger partial charge in [-0.3, -0.25) is 4.79 Å². The van der Waals surface area contributed by atoms with Crippen molar-refractivity contribution in [1.29, 1.82) is 0 Å². The second-order valence-electron chi connectivity index (χ2n) is 6.29. The molecule has 1 amide bonds. The first kappa shape index (κ1) is 16.9. The smallest absolute Gasteiger partial charge is 0.276 e. The molecular formula is C20H22N4O. The van der Waals surface area contributed by atoms with Crippen molar-refractivity contribution in [1.82, 2.24) is 19.9 Å². The summed E-state index contributed by atoms with van der Waals surface area (Å²) in [4.78, 5) is 14.4. The number of benzene rings is 2. The Bertz CT molecular complexity index is 840. The number of rotatable bonds is 5. The van der Waals surface area contributed by atoms with Crippen molar-refractivity contribution in [3.63, 3.8) is 0 Å². The van der Waals surface area contributed by atoms with E-state index in [4.69, 9.17) is 0 Å². The molecule has 3 rings (SSSR count). The summed E-state index contributed by atoms with van der Waals surface area (Å²) in [5.41, 5.74) is 3.78. The van der Waals surface area contributed by atoms with Crippen molar-refractivity contribution in [3.8, 4) is 0 Å².